The molecule has 4 nitrogen and oxygen atoms in total. The topological polar surface area (TPSA) is 35.6 Å². The quantitative estimate of drug-likeness (QED) is 0.870. The summed E-state index contributed by atoms with van der Waals surface area (Å²) in [7, 11) is 2.16. The Hall–Kier alpha value is -1.85. The summed E-state index contributed by atoms with van der Waals surface area (Å²) in [5.41, 5.74) is 3.79. The van der Waals surface area contributed by atoms with E-state index in [0.717, 1.165) is 41.9 Å². The number of aryl methyl sites for hydroxylation is 1. The maximum absolute atomic E-state index is 12.5. The molecule has 0 aromatic heterocycles. The number of benzene rings is 2. The molecule has 0 atom stereocenters. The molecule has 3 rings (SSSR count). The first-order valence-electron chi connectivity index (χ1n) is 8.14. The number of likely N-dealkylation sites (N-methyl/N-ethyl adjacent to an activating group) is 1. The maximum atomic E-state index is 12.5. The summed E-state index contributed by atoms with van der Waals surface area (Å²) in [6.07, 6.45) is 0. The highest BCUT2D eigenvalue weighted by molar-refractivity contribution is 9.10. The van der Waals surface area contributed by atoms with E-state index in [9.17, 15) is 4.79 Å². The van der Waals surface area contributed by atoms with Crippen LogP contribution in [0.4, 0.5) is 11.4 Å². The number of carbonyl (C=O) groups excluding carboxylic acids is 1. The second kappa shape index (κ2) is 7.36. The largest absolute Gasteiger partial charge is 0.369 e. The molecule has 2 aromatic carbocycles. The van der Waals surface area contributed by atoms with Crippen molar-refractivity contribution in [2.45, 2.75) is 6.92 Å². The van der Waals surface area contributed by atoms with Crippen LogP contribution in [0.5, 0.6) is 0 Å². The van der Waals surface area contributed by atoms with Gasteiger partial charge in [0.25, 0.3) is 5.91 Å². The fraction of sp³-hybridized carbons (Fsp3) is 0.316. The second-order valence-corrected chi connectivity index (χ2v) is 7.08. The molecule has 1 heterocycles. The Kier molecular flexibility index (Phi) is 5.21. The van der Waals surface area contributed by atoms with Gasteiger partial charge in [-0.15, -0.1) is 0 Å². The number of rotatable bonds is 3. The van der Waals surface area contributed by atoms with Crippen molar-refractivity contribution in [1.29, 1.82) is 0 Å². The fourth-order valence-corrected chi connectivity index (χ4v) is 3.35. The van der Waals surface area contributed by atoms with Crippen molar-refractivity contribution in [2.75, 3.05) is 43.4 Å². The molecule has 0 saturated carbocycles. The number of hydrogen-bond donors (Lipinski definition) is 1. The predicted octanol–water partition coefficient (Wildman–Crippen LogP) is 3.76. The molecular formula is C19H22BrN3O. The molecule has 0 unspecified atom stereocenters. The van der Waals surface area contributed by atoms with E-state index in [1.165, 1.54) is 5.69 Å². The molecule has 0 bridgehead atoms. The van der Waals surface area contributed by atoms with Crippen LogP contribution in [-0.4, -0.2) is 44.0 Å². The standard InChI is InChI=1S/C19H22BrN3O/c1-14-13-15(23-11-9-22(2)10-12-23)7-8-18(14)21-19(24)16-5-3-4-6-17(16)20/h3-8,13H,9-12H2,1-2H3,(H,21,24). The monoisotopic (exact) mass is 387 g/mol. The molecule has 0 spiro atoms. The third-order valence-corrected chi connectivity index (χ3v) is 5.14. The van der Waals surface area contributed by atoms with Gasteiger partial charge in [0.15, 0.2) is 0 Å². The molecule has 126 valence electrons. The number of anilines is 2. The summed E-state index contributed by atoms with van der Waals surface area (Å²) in [5, 5.41) is 3.01. The number of piperazine rings is 1. The maximum Gasteiger partial charge on any atom is 0.256 e. The molecule has 1 aliphatic heterocycles. The minimum atomic E-state index is -0.0991. The Morgan fingerprint density at radius 2 is 1.79 bits per heavy atom. The Bertz CT molecular complexity index is 739. The third kappa shape index (κ3) is 3.79. The lowest BCUT2D eigenvalue weighted by molar-refractivity contribution is 0.102. The van der Waals surface area contributed by atoms with E-state index in [0.29, 0.717) is 5.56 Å². The lowest BCUT2D eigenvalue weighted by Gasteiger charge is -2.34. The number of nitrogens with one attached hydrogen (secondary N) is 1. The van der Waals surface area contributed by atoms with E-state index in [2.05, 4.69) is 50.2 Å². The van der Waals surface area contributed by atoms with E-state index in [4.69, 9.17) is 0 Å². The van der Waals surface area contributed by atoms with Gasteiger partial charge in [-0.2, -0.15) is 0 Å². The minimum Gasteiger partial charge on any atom is -0.369 e. The van der Waals surface area contributed by atoms with Gasteiger partial charge < -0.3 is 15.1 Å². The van der Waals surface area contributed by atoms with E-state index < -0.39 is 0 Å². The molecule has 0 radical (unpaired) electrons. The zero-order chi connectivity index (χ0) is 17.1. The summed E-state index contributed by atoms with van der Waals surface area (Å²) in [6, 6.07) is 13.7. The minimum absolute atomic E-state index is 0.0991. The summed E-state index contributed by atoms with van der Waals surface area (Å²) in [5.74, 6) is -0.0991. The van der Waals surface area contributed by atoms with Gasteiger partial charge in [0.05, 0.1) is 5.56 Å². The summed E-state index contributed by atoms with van der Waals surface area (Å²) >= 11 is 3.43. The van der Waals surface area contributed by atoms with Crippen molar-refractivity contribution in [2.24, 2.45) is 0 Å². The lowest BCUT2D eigenvalue weighted by Crippen LogP contribution is -2.44. The van der Waals surface area contributed by atoms with Crippen LogP contribution in [0.15, 0.2) is 46.9 Å². The van der Waals surface area contributed by atoms with Gasteiger partial charge in [0.1, 0.15) is 0 Å². The van der Waals surface area contributed by atoms with Crippen molar-refractivity contribution >= 4 is 33.2 Å². The van der Waals surface area contributed by atoms with Crippen LogP contribution in [0, 0.1) is 6.92 Å². The van der Waals surface area contributed by atoms with Gasteiger partial charge in [-0.05, 0) is 65.8 Å². The first-order valence-corrected chi connectivity index (χ1v) is 8.94. The third-order valence-electron chi connectivity index (χ3n) is 4.45. The van der Waals surface area contributed by atoms with Gasteiger partial charge >= 0.3 is 0 Å². The molecule has 1 amide bonds. The van der Waals surface area contributed by atoms with Crippen molar-refractivity contribution in [1.82, 2.24) is 4.90 Å². The summed E-state index contributed by atoms with van der Waals surface area (Å²) in [6.45, 7) is 6.28. The second-order valence-electron chi connectivity index (χ2n) is 6.22. The average Bonchev–Trinajstić information content (AvgIpc) is 2.57. The zero-order valence-corrected chi connectivity index (χ0v) is 15.6. The van der Waals surface area contributed by atoms with Crippen molar-refractivity contribution in [3.63, 3.8) is 0 Å². The van der Waals surface area contributed by atoms with Gasteiger partial charge in [-0.3, -0.25) is 4.79 Å². The Labute approximate surface area is 151 Å². The molecule has 0 aliphatic carbocycles. The highest BCUT2D eigenvalue weighted by Crippen LogP contribution is 2.25. The van der Waals surface area contributed by atoms with Crippen LogP contribution in [0.3, 0.4) is 0 Å². The number of carbonyl (C=O) groups is 1. The fourth-order valence-electron chi connectivity index (χ4n) is 2.88. The van der Waals surface area contributed by atoms with E-state index in [1.54, 1.807) is 0 Å². The molecule has 1 N–H and O–H groups in total. The number of halogens is 1. The zero-order valence-electron chi connectivity index (χ0n) is 14.1. The van der Waals surface area contributed by atoms with Crippen LogP contribution in [-0.2, 0) is 0 Å². The molecular weight excluding hydrogens is 366 g/mol. The molecule has 2 aromatic rings. The van der Waals surface area contributed by atoms with Crippen LogP contribution in [0.1, 0.15) is 15.9 Å². The average molecular weight is 388 g/mol. The van der Waals surface area contributed by atoms with E-state index >= 15 is 0 Å². The van der Waals surface area contributed by atoms with Gasteiger partial charge in [0, 0.05) is 42.0 Å². The Balaban J connectivity index is 1.73. The molecule has 1 fully saturated rings. The molecule has 1 saturated heterocycles. The number of hydrogen-bond acceptors (Lipinski definition) is 3. The van der Waals surface area contributed by atoms with Gasteiger partial charge in [-0.1, -0.05) is 12.1 Å². The highest BCUT2D eigenvalue weighted by Gasteiger charge is 2.16. The molecule has 5 heteroatoms. The first-order chi connectivity index (χ1) is 11.5. The molecule has 1 aliphatic rings. The smallest absolute Gasteiger partial charge is 0.256 e. The number of nitrogens with zero attached hydrogens (tertiary/aromatic N) is 2. The highest BCUT2D eigenvalue weighted by atomic mass is 79.9. The normalized spacial score (nSPS) is 15.4. The van der Waals surface area contributed by atoms with Crippen LogP contribution >= 0.6 is 15.9 Å². The predicted molar refractivity (Wildman–Crippen MR) is 103 cm³/mol. The molecule has 24 heavy (non-hydrogen) atoms. The van der Waals surface area contributed by atoms with Crippen molar-refractivity contribution in [3.05, 3.63) is 58.1 Å². The number of amides is 1. The van der Waals surface area contributed by atoms with Gasteiger partial charge in [0.2, 0.25) is 0 Å². The van der Waals surface area contributed by atoms with Crippen LogP contribution < -0.4 is 10.2 Å². The van der Waals surface area contributed by atoms with Crippen LogP contribution in [0.25, 0.3) is 0 Å². The van der Waals surface area contributed by atoms with Crippen molar-refractivity contribution < 1.29 is 4.79 Å². The van der Waals surface area contributed by atoms with Crippen LogP contribution in [0.2, 0.25) is 0 Å². The lowest BCUT2D eigenvalue weighted by atomic mass is 10.1. The van der Waals surface area contributed by atoms with E-state index in [1.807, 2.05) is 37.3 Å². The summed E-state index contributed by atoms with van der Waals surface area (Å²) < 4.78 is 0.800. The first kappa shape index (κ1) is 17.0. The van der Waals surface area contributed by atoms with E-state index in [-0.39, 0.29) is 5.91 Å². The Morgan fingerprint density at radius 3 is 2.46 bits per heavy atom. The van der Waals surface area contributed by atoms with Crippen molar-refractivity contribution in [3.8, 4) is 0 Å². The van der Waals surface area contributed by atoms with Gasteiger partial charge in [-0.25, -0.2) is 0 Å². The Morgan fingerprint density at radius 1 is 1.08 bits per heavy atom. The SMILES string of the molecule is Cc1cc(N2CCN(C)CC2)ccc1NC(=O)c1ccccc1Br. The summed E-state index contributed by atoms with van der Waals surface area (Å²) in [4.78, 5) is 17.2.